The Balaban J connectivity index is 2.23. The second-order valence-corrected chi connectivity index (χ2v) is 8.54. The van der Waals surface area contributed by atoms with E-state index in [0.717, 1.165) is 17.8 Å². The van der Waals surface area contributed by atoms with E-state index in [1.165, 1.54) is 12.1 Å². The quantitative estimate of drug-likeness (QED) is 0.571. The zero-order valence-electron chi connectivity index (χ0n) is 15.1. The predicted octanol–water partition coefficient (Wildman–Crippen LogP) is 2.22. The molecule has 0 aliphatic carbocycles. The number of hydrogen-bond donors (Lipinski definition) is 3. The Labute approximate surface area is 161 Å². The van der Waals surface area contributed by atoms with Gasteiger partial charge in [-0.1, -0.05) is 37.3 Å². The lowest BCUT2D eigenvalue weighted by molar-refractivity contribution is -0.115. The molecule has 146 valence electrons. The molecule has 0 saturated heterocycles. The average Bonchev–Trinajstić information content (AvgIpc) is 3.11. The summed E-state index contributed by atoms with van der Waals surface area (Å²) < 4.78 is 27.2. The predicted molar refractivity (Wildman–Crippen MR) is 103 cm³/mol. The van der Waals surface area contributed by atoms with E-state index in [1.807, 2.05) is 13.8 Å². The van der Waals surface area contributed by atoms with Gasteiger partial charge in [0.15, 0.2) is 0 Å². The zero-order valence-corrected chi connectivity index (χ0v) is 16.8. The van der Waals surface area contributed by atoms with Crippen LogP contribution in [0, 0.1) is 0 Å². The van der Waals surface area contributed by atoms with Crippen LogP contribution in [0.3, 0.4) is 0 Å². The number of amides is 2. The van der Waals surface area contributed by atoms with Crippen molar-refractivity contribution in [2.24, 2.45) is 0 Å². The number of anilines is 2. The first-order chi connectivity index (χ1) is 12.8. The fourth-order valence-corrected chi connectivity index (χ4v) is 3.94. The molecular formula is C16H21N5O4S2. The molecule has 0 bridgehead atoms. The summed E-state index contributed by atoms with van der Waals surface area (Å²) in [5.74, 6) is -0.675. The van der Waals surface area contributed by atoms with Gasteiger partial charge >= 0.3 is 0 Å². The Morgan fingerprint density at radius 2 is 1.89 bits per heavy atom. The minimum Gasteiger partial charge on any atom is -0.350 e. The van der Waals surface area contributed by atoms with Crippen LogP contribution in [0.5, 0.6) is 0 Å². The smallest absolute Gasteiger partial charge is 0.291 e. The molecule has 0 aliphatic rings. The van der Waals surface area contributed by atoms with Crippen LogP contribution in [-0.4, -0.2) is 36.5 Å². The van der Waals surface area contributed by atoms with Gasteiger partial charge in [0.25, 0.3) is 20.3 Å². The highest BCUT2D eigenvalue weighted by atomic mass is 32.2. The number of hydrogen-bond acceptors (Lipinski definition) is 7. The molecule has 1 heterocycles. The molecule has 11 heteroatoms. The molecule has 9 nitrogen and oxygen atoms in total. The third-order valence-corrected chi connectivity index (χ3v) is 6.18. The van der Waals surface area contributed by atoms with Gasteiger partial charge in [-0.2, -0.15) is 8.42 Å². The Bertz CT molecular complexity index is 926. The molecule has 0 fully saturated rings. The Hall–Kier alpha value is -2.53. The molecule has 27 heavy (non-hydrogen) atoms. The number of rotatable bonds is 8. The summed E-state index contributed by atoms with van der Waals surface area (Å²) in [6, 6.07) is 6.24. The van der Waals surface area contributed by atoms with Crippen LogP contribution in [0.15, 0.2) is 28.6 Å². The lowest BCUT2D eigenvalue weighted by Gasteiger charge is -2.14. The number of para-hydroxylation sites is 1. The summed E-state index contributed by atoms with van der Waals surface area (Å²) in [4.78, 5) is 23.8. The molecular weight excluding hydrogens is 390 g/mol. The number of carbonyl (C=O) groups is 2. The summed E-state index contributed by atoms with van der Waals surface area (Å²) in [5, 5.41) is 12.6. The molecule has 2 aromatic rings. The highest BCUT2D eigenvalue weighted by Gasteiger charge is 2.23. The molecule has 2 rings (SSSR count). The van der Waals surface area contributed by atoms with Crippen LogP contribution < -0.4 is 15.4 Å². The molecule has 0 saturated carbocycles. The lowest BCUT2D eigenvalue weighted by atomic mass is 10.1. The van der Waals surface area contributed by atoms with E-state index in [-0.39, 0.29) is 45.0 Å². The van der Waals surface area contributed by atoms with Crippen molar-refractivity contribution in [3.05, 3.63) is 29.8 Å². The van der Waals surface area contributed by atoms with Crippen molar-refractivity contribution in [2.75, 3.05) is 10.0 Å². The molecule has 3 N–H and O–H groups in total. The maximum atomic E-state index is 12.6. The largest absolute Gasteiger partial charge is 0.350 e. The highest BCUT2D eigenvalue weighted by molar-refractivity contribution is 7.94. The van der Waals surface area contributed by atoms with Gasteiger partial charge in [-0.25, -0.2) is 0 Å². The molecule has 2 amide bonds. The van der Waals surface area contributed by atoms with Crippen molar-refractivity contribution in [1.82, 2.24) is 15.5 Å². The first-order valence-corrected chi connectivity index (χ1v) is 10.6. The van der Waals surface area contributed by atoms with E-state index in [2.05, 4.69) is 25.6 Å². The van der Waals surface area contributed by atoms with Gasteiger partial charge in [0.05, 0.1) is 11.3 Å². The third-order valence-electron chi connectivity index (χ3n) is 3.61. The number of carbonyl (C=O) groups excluding carboxylic acids is 2. The van der Waals surface area contributed by atoms with E-state index in [4.69, 9.17) is 0 Å². The minimum atomic E-state index is -4.06. The van der Waals surface area contributed by atoms with Gasteiger partial charge in [0.1, 0.15) is 0 Å². The van der Waals surface area contributed by atoms with Crippen LogP contribution in [0.4, 0.5) is 10.8 Å². The van der Waals surface area contributed by atoms with Gasteiger partial charge < -0.3 is 10.6 Å². The monoisotopic (exact) mass is 411 g/mol. The van der Waals surface area contributed by atoms with Gasteiger partial charge in [0.2, 0.25) is 11.0 Å². The minimum absolute atomic E-state index is 0.0462. The van der Waals surface area contributed by atoms with E-state index in [1.54, 1.807) is 19.1 Å². The zero-order chi connectivity index (χ0) is 20.0. The standard InChI is InChI=1S/C16H21N5O4S2/c1-4-10(3)17-14(23)11-8-6-7-9-12(11)21-27(24,25)16-20-19-15(26-16)18-13(22)5-2/h6-10,21H,4-5H2,1-3H3,(H,17,23)(H,18,19,22)/t10-/m1/s1. The SMILES string of the molecule is CCC(=O)Nc1nnc(S(=O)(=O)Nc2ccccc2C(=O)N[C@H](C)CC)s1. The van der Waals surface area contributed by atoms with Gasteiger partial charge in [-0.15, -0.1) is 10.2 Å². The van der Waals surface area contributed by atoms with Crippen molar-refractivity contribution >= 4 is 44.0 Å². The topological polar surface area (TPSA) is 130 Å². The number of nitrogens with one attached hydrogen (secondary N) is 3. The molecule has 0 radical (unpaired) electrons. The summed E-state index contributed by atoms with van der Waals surface area (Å²) >= 11 is 0.726. The lowest BCUT2D eigenvalue weighted by Crippen LogP contribution is -2.32. The van der Waals surface area contributed by atoms with Crippen molar-refractivity contribution < 1.29 is 18.0 Å². The fraction of sp³-hybridized carbons (Fsp3) is 0.375. The fourth-order valence-electron chi connectivity index (χ4n) is 1.94. The molecule has 1 aromatic carbocycles. The molecule has 0 aliphatic heterocycles. The molecule has 0 unspecified atom stereocenters. The first-order valence-electron chi connectivity index (χ1n) is 8.32. The van der Waals surface area contributed by atoms with Gasteiger partial charge in [0, 0.05) is 12.5 Å². The second-order valence-electron chi connectivity index (χ2n) is 5.71. The Morgan fingerprint density at radius 3 is 2.56 bits per heavy atom. The van der Waals surface area contributed by atoms with Crippen LogP contribution in [-0.2, 0) is 14.8 Å². The Morgan fingerprint density at radius 1 is 1.19 bits per heavy atom. The van der Waals surface area contributed by atoms with E-state index in [9.17, 15) is 18.0 Å². The maximum Gasteiger partial charge on any atom is 0.291 e. The van der Waals surface area contributed by atoms with Crippen LogP contribution in [0.2, 0.25) is 0 Å². The van der Waals surface area contributed by atoms with Gasteiger partial charge in [-0.05, 0) is 25.5 Å². The van der Waals surface area contributed by atoms with Crippen LogP contribution >= 0.6 is 11.3 Å². The molecule has 0 spiro atoms. The van der Waals surface area contributed by atoms with Crippen LogP contribution in [0.25, 0.3) is 0 Å². The van der Waals surface area contributed by atoms with E-state index in [0.29, 0.717) is 0 Å². The summed E-state index contributed by atoms with van der Waals surface area (Å²) in [6.07, 6.45) is 0.981. The average molecular weight is 412 g/mol. The van der Waals surface area contributed by atoms with E-state index >= 15 is 0 Å². The second kappa shape index (κ2) is 8.91. The maximum absolute atomic E-state index is 12.6. The number of aromatic nitrogens is 2. The van der Waals surface area contributed by atoms with Crippen molar-refractivity contribution in [1.29, 1.82) is 0 Å². The van der Waals surface area contributed by atoms with Crippen molar-refractivity contribution in [2.45, 2.75) is 44.0 Å². The van der Waals surface area contributed by atoms with Crippen molar-refractivity contribution in [3.8, 4) is 0 Å². The Kier molecular flexibility index (Phi) is 6.86. The molecule has 1 atom stereocenters. The van der Waals surface area contributed by atoms with E-state index < -0.39 is 10.0 Å². The normalized spacial score (nSPS) is 12.3. The molecule has 1 aromatic heterocycles. The van der Waals surface area contributed by atoms with Gasteiger partial charge in [-0.3, -0.25) is 14.3 Å². The van der Waals surface area contributed by atoms with Crippen molar-refractivity contribution in [3.63, 3.8) is 0 Å². The first kappa shape index (κ1) is 20.8. The number of benzene rings is 1. The summed E-state index contributed by atoms with van der Waals surface area (Å²) in [7, 11) is -4.06. The summed E-state index contributed by atoms with van der Waals surface area (Å²) in [5.41, 5.74) is 0.332. The van der Waals surface area contributed by atoms with Crippen LogP contribution in [0.1, 0.15) is 44.0 Å². The highest BCUT2D eigenvalue weighted by Crippen LogP contribution is 2.24. The number of nitrogens with zero attached hydrogens (tertiary/aromatic N) is 2. The third kappa shape index (κ3) is 5.47. The number of sulfonamides is 1. The summed E-state index contributed by atoms with van der Waals surface area (Å²) in [6.45, 7) is 5.46.